The maximum Gasteiger partial charge on any atom is 0.338 e. The Hall–Kier alpha value is -6.94. The van der Waals surface area contributed by atoms with E-state index in [0.717, 1.165) is 55.2 Å². The van der Waals surface area contributed by atoms with Crippen LogP contribution in [-0.4, -0.2) is 44.6 Å². The van der Waals surface area contributed by atoms with Crippen LogP contribution in [0.2, 0.25) is 0 Å². The van der Waals surface area contributed by atoms with Gasteiger partial charge in [-0.1, -0.05) is 72.8 Å². The molecular formula is C44H33F2N5O3. The Morgan fingerprint density at radius 1 is 0.593 bits per heavy atom. The first kappa shape index (κ1) is 34.2. The first-order valence-corrected chi connectivity index (χ1v) is 17.4. The minimum absolute atomic E-state index is 0.00716. The SMILES string of the molecule is O=C(NCCOC(=O)c1cccc(-c2cccc3nn(Cc4ccc(F)cc4)cc23)c1)c1cccc(-c2cccc3nn(Cc4ccc(F)cc4)cc23)c1. The van der Waals surface area contributed by atoms with Gasteiger partial charge in [0.15, 0.2) is 0 Å². The molecule has 0 fully saturated rings. The third-order valence-electron chi connectivity index (χ3n) is 9.18. The minimum atomic E-state index is -0.500. The number of carbonyl (C=O) groups is 2. The third kappa shape index (κ3) is 7.49. The smallest absolute Gasteiger partial charge is 0.338 e. The molecule has 8 rings (SSSR count). The number of aromatic nitrogens is 4. The zero-order valence-electron chi connectivity index (χ0n) is 29.0. The number of nitrogens with one attached hydrogen (secondary N) is 1. The van der Waals surface area contributed by atoms with Crippen molar-refractivity contribution in [1.29, 1.82) is 0 Å². The molecule has 0 atom stereocenters. The summed E-state index contributed by atoms with van der Waals surface area (Å²) >= 11 is 0. The van der Waals surface area contributed by atoms with Crippen molar-refractivity contribution >= 4 is 33.7 Å². The number of ether oxygens (including phenoxy) is 1. The van der Waals surface area contributed by atoms with Crippen molar-refractivity contribution in [3.63, 3.8) is 0 Å². The summed E-state index contributed by atoms with van der Waals surface area (Å²) in [6.45, 7) is 1.11. The molecule has 54 heavy (non-hydrogen) atoms. The van der Waals surface area contributed by atoms with Crippen LogP contribution in [0.25, 0.3) is 44.1 Å². The average Bonchev–Trinajstić information content (AvgIpc) is 3.81. The molecular weight excluding hydrogens is 685 g/mol. The molecule has 0 saturated heterocycles. The number of nitrogens with zero attached hydrogens (tertiary/aromatic N) is 4. The lowest BCUT2D eigenvalue weighted by molar-refractivity contribution is 0.0503. The Morgan fingerprint density at radius 2 is 1.07 bits per heavy atom. The predicted octanol–water partition coefficient (Wildman–Crippen LogP) is 8.68. The Labute approximate surface area is 309 Å². The Morgan fingerprint density at radius 3 is 1.61 bits per heavy atom. The van der Waals surface area contributed by atoms with E-state index in [0.29, 0.717) is 24.2 Å². The van der Waals surface area contributed by atoms with Gasteiger partial charge < -0.3 is 10.1 Å². The van der Waals surface area contributed by atoms with E-state index < -0.39 is 5.97 Å². The lowest BCUT2D eigenvalue weighted by atomic mass is 10.00. The summed E-state index contributed by atoms with van der Waals surface area (Å²) in [7, 11) is 0. The van der Waals surface area contributed by atoms with E-state index in [9.17, 15) is 18.4 Å². The van der Waals surface area contributed by atoms with E-state index >= 15 is 0 Å². The molecule has 0 saturated carbocycles. The third-order valence-corrected chi connectivity index (χ3v) is 9.18. The number of hydrogen-bond acceptors (Lipinski definition) is 5. The molecule has 0 spiro atoms. The second-order valence-electron chi connectivity index (χ2n) is 12.9. The van der Waals surface area contributed by atoms with E-state index in [2.05, 4.69) is 5.32 Å². The molecule has 8 nitrogen and oxygen atoms in total. The summed E-state index contributed by atoms with van der Waals surface area (Å²) < 4.78 is 35.9. The number of esters is 1. The van der Waals surface area contributed by atoms with Crippen molar-refractivity contribution in [2.45, 2.75) is 13.1 Å². The Balaban J connectivity index is 0.893. The van der Waals surface area contributed by atoms with Gasteiger partial charge in [0.25, 0.3) is 5.91 Å². The number of halogens is 2. The van der Waals surface area contributed by atoms with E-state index in [1.54, 1.807) is 48.5 Å². The number of carbonyl (C=O) groups excluding carboxylic acids is 2. The molecule has 0 unspecified atom stereocenters. The fourth-order valence-corrected chi connectivity index (χ4v) is 6.54. The van der Waals surface area contributed by atoms with Crippen molar-refractivity contribution in [3.8, 4) is 22.3 Å². The summed E-state index contributed by atoms with van der Waals surface area (Å²) in [5.74, 6) is -1.35. The summed E-state index contributed by atoms with van der Waals surface area (Å²) in [4.78, 5) is 26.2. The fraction of sp³-hybridized carbons (Fsp3) is 0.0909. The van der Waals surface area contributed by atoms with Crippen molar-refractivity contribution in [2.75, 3.05) is 13.2 Å². The lowest BCUT2D eigenvalue weighted by Crippen LogP contribution is -2.28. The molecule has 1 N–H and O–H groups in total. The summed E-state index contributed by atoms with van der Waals surface area (Å²) in [5.41, 5.74) is 7.86. The van der Waals surface area contributed by atoms with E-state index in [-0.39, 0.29) is 30.7 Å². The lowest BCUT2D eigenvalue weighted by Gasteiger charge is -2.10. The van der Waals surface area contributed by atoms with Crippen molar-refractivity contribution in [1.82, 2.24) is 24.9 Å². The number of fused-ring (bicyclic) bond motifs is 2. The predicted molar refractivity (Wildman–Crippen MR) is 204 cm³/mol. The van der Waals surface area contributed by atoms with Crippen molar-refractivity contribution in [3.05, 3.63) is 180 Å². The van der Waals surface area contributed by atoms with Gasteiger partial charge in [0.2, 0.25) is 0 Å². The average molecular weight is 718 g/mol. The molecule has 1 amide bonds. The van der Waals surface area contributed by atoms with Gasteiger partial charge in [-0.3, -0.25) is 14.2 Å². The highest BCUT2D eigenvalue weighted by atomic mass is 19.1. The van der Waals surface area contributed by atoms with Crippen LogP contribution in [0, 0.1) is 11.6 Å². The van der Waals surface area contributed by atoms with Gasteiger partial charge in [-0.05, 0) is 94.0 Å². The van der Waals surface area contributed by atoms with Crippen LogP contribution in [-0.2, 0) is 17.8 Å². The second-order valence-corrected chi connectivity index (χ2v) is 12.9. The van der Waals surface area contributed by atoms with E-state index in [1.165, 1.54) is 24.3 Å². The van der Waals surface area contributed by atoms with Gasteiger partial charge in [-0.15, -0.1) is 0 Å². The summed E-state index contributed by atoms with van der Waals surface area (Å²) in [6, 6.07) is 38.9. The van der Waals surface area contributed by atoms with Gasteiger partial charge >= 0.3 is 5.97 Å². The molecule has 6 aromatic carbocycles. The Bertz CT molecular complexity index is 2450. The van der Waals surface area contributed by atoms with Crippen molar-refractivity contribution < 1.29 is 23.1 Å². The van der Waals surface area contributed by atoms with Crippen LogP contribution in [0.15, 0.2) is 146 Å². The first-order valence-electron chi connectivity index (χ1n) is 17.4. The summed E-state index contributed by atoms with van der Waals surface area (Å²) in [6.07, 6.45) is 3.90. The Kier molecular flexibility index (Phi) is 9.47. The minimum Gasteiger partial charge on any atom is -0.460 e. The van der Waals surface area contributed by atoms with Crippen LogP contribution in [0.5, 0.6) is 0 Å². The highest BCUT2D eigenvalue weighted by Crippen LogP contribution is 2.30. The first-order chi connectivity index (χ1) is 26.4. The molecule has 2 aromatic heterocycles. The van der Waals surface area contributed by atoms with Crippen molar-refractivity contribution in [2.24, 2.45) is 0 Å². The van der Waals surface area contributed by atoms with Crippen LogP contribution >= 0.6 is 0 Å². The zero-order valence-corrected chi connectivity index (χ0v) is 29.0. The normalized spacial score (nSPS) is 11.2. The molecule has 0 radical (unpaired) electrons. The maximum atomic E-state index is 13.4. The van der Waals surface area contributed by atoms with E-state index in [1.807, 2.05) is 82.4 Å². The molecule has 0 bridgehead atoms. The molecule has 266 valence electrons. The quantitative estimate of drug-likeness (QED) is 0.107. The molecule has 0 aliphatic carbocycles. The number of amides is 1. The monoisotopic (exact) mass is 717 g/mol. The number of benzene rings is 6. The highest BCUT2D eigenvalue weighted by Gasteiger charge is 2.14. The topological polar surface area (TPSA) is 91.0 Å². The highest BCUT2D eigenvalue weighted by molar-refractivity contribution is 5.99. The standard InChI is InChI=1S/C44H33F2N5O3/c45-35-17-13-29(14-18-35)25-50-27-39-37(9-3-11-41(39)48-50)31-5-1-7-33(23-31)43(52)47-21-22-54-44(53)34-8-2-6-32(24-34)38-10-4-12-42-40(38)28-51(49-42)26-30-15-19-36(46)20-16-30/h1-20,23-24,27-28H,21-22,25-26H2,(H,47,52). The van der Waals surface area contributed by atoms with Gasteiger partial charge in [0.1, 0.15) is 18.2 Å². The van der Waals surface area contributed by atoms with Crippen LogP contribution < -0.4 is 5.32 Å². The van der Waals surface area contributed by atoms with Crippen LogP contribution in [0.3, 0.4) is 0 Å². The molecule has 8 aromatic rings. The second kappa shape index (κ2) is 15.0. The number of hydrogen-bond donors (Lipinski definition) is 1. The van der Waals surface area contributed by atoms with Gasteiger partial charge in [-0.2, -0.15) is 10.2 Å². The van der Waals surface area contributed by atoms with E-state index in [4.69, 9.17) is 14.9 Å². The fourth-order valence-electron chi connectivity index (χ4n) is 6.54. The maximum absolute atomic E-state index is 13.4. The zero-order chi connectivity index (χ0) is 37.0. The molecule has 10 heteroatoms. The molecule has 2 heterocycles. The van der Waals surface area contributed by atoms with Crippen LogP contribution in [0.4, 0.5) is 8.78 Å². The molecule has 0 aliphatic heterocycles. The van der Waals surface area contributed by atoms with Gasteiger partial charge in [0, 0.05) is 28.7 Å². The van der Waals surface area contributed by atoms with Gasteiger partial charge in [0.05, 0.1) is 36.2 Å². The molecule has 0 aliphatic rings. The van der Waals surface area contributed by atoms with Gasteiger partial charge in [-0.25, -0.2) is 13.6 Å². The summed E-state index contributed by atoms with van der Waals surface area (Å²) in [5, 5.41) is 14.1. The largest absolute Gasteiger partial charge is 0.460 e. The van der Waals surface area contributed by atoms with Crippen LogP contribution in [0.1, 0.15) is 31.8 Å². The number of rotatable bonds is 11.